The fraction of sp³-hybridized carbons (Fsp3) is 0.0952. The predicted octanol–water partition coefficient (Wildman–Crippen LogP) is 4.78. The highest BCUT2D eigenvalue weighted by Crippen LogP contribution is 2.17. The average Bonchev–Trinajstić information content (AvgIpc) is 3.35. The van der Waals surface area contributed by atoms with Crippen LogP contribution in [0, 0.1) is 5.82 Å². The lowest BCUT2D eigenvalue weighted by atomic mass is 10.2. The standard InChI is InChI=1S/C21H18ClFN6S/c22-19-7-3-1-5-15(19)11-28-13-17(9-24-28)26-21(30)27-18-10-25-29(14-18)12-16-6-2-4-8-20(16)23/h1-10,13-14H,11-12H2,(H2,26,27,30). The number of thiocarbonyl (C=S) groups is 1. The Balaban J connectivity index is 1.33. The Kier molecular flexibility index (Phi) is 6.06. The zero-order valence-corrected chi connectivity index (χ0v) is 17.4. The molecule has 30 heavy (non-hydrogen) atoms. The molecule has 2 aromatic heterocycles. The number of anilines is 2. The average molecular weight is 441 g/mol. The van der Waals surface area contributed by atoms with Gasteiger partial charge in [-0.05, 0) is 29.9 Å². The first kappa shape index (κ1) is 20.1. The van der Waals surface area contributed by atoms with Gasteiger partial charge in [0.25, 0.3) is 0 Å². The molecule has 0 atom stereocenters. The topological polar surface area (TPSA) is 59.7 Å². The first-order valence-corrected chi connectivity index (χ1v) is 9.95. The molecule has 0 aliphatic rings. The van der Waals surface area contributed by atoms with Crippen molar-refractivity contribution in [2.75, 3.05) is 10.6 Å². The van der Waals surface area contributed by atoms with Gasteiger partial charge in [0, 0.05) is 23.0 Å². The van der Waals surface area contributed by atoms with Gasteiger partial charge in [-0.25, -0.2) is 4.39 Å². The van der Waals surface area contributed by atoms with Gasteiger partial charge in [0.05, 0.1) is 36.9 Å². The Morgan fingerprint density at radius 3 is 2.00 bits per heavy atom. The van der Waals surface area contributed by atoms with E-state index in [1.807, 2.05) is 30.5 Å². The van der Waals surface area contributed by atoms with Gasteiger partial charge >= 0.3 is 0 Å². The SMILES string of the molecule is Fc1ccccc1Cn1cc(NC(=S)Nc2cnn(Cc3ccccc3Cl)c2)cn1. The molecule has 0 spiro atoms. The monoisotopic (exact) mass is 440 g/mol. The maximum atomic E-state index is 13.8. The van der Waals surface area contributed by atoms with Crippen LogP contribution in [0.15, 0.2) is 73.3 Å². The van der Waals surface area contributed by atoms with Crippen molar-refractivity contribution in [3.63, 3.8) is 0 Å². The van der Waals surface area contributed by atoms with E-state index in [-0.39, 0.29) is 5.82 Å². The lowest BCUT2D eigenvalue weighted by molar-refractivity contribution is 0.585. The molecule has 0 unspecified atom stereocenters. The van der Waals surface area contributed by atoms with Gasteiger partial charge in [0.1, 0.15) is 5.82 Å². The summed E-state index contributed by atoms with van der Waals surface area (Å²) < 4.78 is 17.2. The summed E-state index contributed by atoms with van der Waals surface area (Å²) in [4.78, 5) is 0. The Morgan fingerprint density at radius 1 is 0.867 bits per heavy atom. The number of nitrogens with one attached hydrogen (secondary N) is 2. The summed E-state index contributed by atoms with van der Waals surface area (Å²) in [6, 6.07) is 14.3. The lowest BCUT2D eigenvalue weighted by Gasteiger charge is -2.07. The minimum Gasteiger partial charge on any atom is -0.330 e. The molecule has 2 aromatic carbocycles. The smallest absolute Gasteiger partial charge is 0.175 e. The zero-order chi connectivity index (χ0) is 20.9. The fourth-order valence-corrected chi connectivity index (χ4v) is 3.36. The van der Waals surface area contributed by atoms with Crippen LogP contribution in [-0.2, 0) is 13.1 Å². The third-order valence-electron chi connectivity index (χ3n) is 4.36. The van der Waals surface area contributed by atoms with Gasteiger partial charge in [0.15, 0.2) is 5.11 Å². The van der Waals surface area contributed by atoms with Crippen molar-refractivity contribution in [1.29, 1.82) is 0 Å². The van der Waals surface area contributed by atoms with E-state index in [2.05, 4.69) is 20.8 Å². The molecule has 0 saturated carbocycles. The Labute approximate surface area is 183 Å². The van der Waals surface area contributed by atoms with Crippen LogP contribution in [0.4, 0.5) is 15.8 Å². The lowest BCUT2D eigenvalue weighted by Crippen LogP contribution is -2.18. The van der Waals surface area contributed by atoms with Crippen LogP contribution in [-0.4, -0.2) is 24.7 Å². The van der Waals surface area contributed by atoms with E-state index in [4.69, 9.17) is 23.8 Å². The second-order valence-electron chi connectivity index (χ2n) is 6.62. The van der Waals surface area contributed by atoms with Gasteiger partial charge in [-0.15, -0.1) is 0 Å². The molecule has 0 saturated heterocycles. The van der Waals surface area contributed by atoms with E-state index in [1.165, 1.54) is 6.07 Å². The van der Waals surface area contributed by atoms with Crippen LogP contribution in [0.3, 0.4) is 0 Å². The fourth-order valence-electron chi connectivity index (χ4n) is 2.92. The molecule has 4 aromatic rings. The highest BCUT2D eigenvalue weighted by atomic mass is 35.5. The Bertz CT molecular complexity index is 1080. The zero-order valence-electron chi connectivity index (χ0n) is 15.8. The van der Waals surface area contributed by atoms with Crippen LogP contribution in [0.2, 0.25) is 5.02 Å². The van der Waals surface area contributed by atoms with Crippen molar-refractivity contribution < 1.29 is 4.39 Å². The minimum atomic E-state index is -0.256. The summed E-state index contributed by atoms with van der Waals surface area (Å²) in [5.41, 5.74) is 3.00. The molecule has 0 fully saturated rings. The normalized spacial score (nSPS) is 10.7. The van der Waals surface area contributed by atoms with Gasteiger partial charge in [-0.3, -0.25) is 9.36 Å². The molecule has 9 heteroatoms. The van der Waals surface area contributed by atoms with Gasteiger partial charge in [-0.2, -0.15) is 10.2 Å². The largest absolute Gasteiger partial charge is 0.330 e. The quantitative estimate of drug-likeness (QED) is 0.423. The number of nitrogens with zero attached hydrogens (tertiary/aromatic N) is 4. The van der Waals surface area contributed by atoms with Crippen molar-refractivity contribution in [3.8, 4) is 0 Å². The highest BCUT2D eigenvalue weighted by Gasteiger charge is 2.07. The molecule has 2 N–H and O–H groups in total. The Hall–Kier alpha value is -3.23. The number of aromatic nitrogens is 4. The summed E-state index contributed by atoms with van der Waals surface area (Å²) in [5, 5.41) is 15.8. The van der Waals surface area contributed by atoms with Crippen molar-refractivity contribution in [1.82, 2.24) is 19.6 Å². The predicted molar refractivity (Wildman–Crippen MR) is 120 cm³/mol. The molecule has 0 radical (unpaired) electrons. The number of rotatable bonds is 6. The molecule has 0 amide bonds. The molecule has 0 bridgehead atoms. The maximum Gasteiger partial charge on any atom is 0.175 e. The number of hydrogen-bond acceptors (Lipinski definition) is 3. The molecule has 2 heterocycles. The van der Waals surface area contributed by atoms with E-state index in [1.54, 1.807) is 46.2 Å². The first-order chi connectivity index (χ1) is 14.6. The van der Waals surface area contributed by atoms with Gasteiger partial charge < -0.3 is 10.6 Å². The summed E-state index contributed by atoms with van der Waals surface area (Å²) in [6.45, 7) is 0.897. The Morgan fingerprint density at radius 2 is 1.40 bits per heavy atom. The number of halogens is 2. The van der Waals surface area contributed by atoms with Crippen LogP contribution < -0.4 is 10.6 Å². The summed E-state index contributed by atoms with van der Waals surface area (Å²) >= 11 is 11.6. The molecule has 4 rings (SSSR count). The third-order valence-corrected chi connectivity index (χ3v) is 4.94. The van der Waals surface area contributed by atoms with E-state index >= 15 is 0 Å². The van der Waals surface area contributed by atoms with Crippen LogP contribution in [0.1, 0.15) is 11.1 Å². The van der Waals surface area contributed by atoms with Gasteiger partial charge in [-0.1, -0.05) is 48.0 Å². The highest BCUT2D eigenvalue weighted by molar-refractivity contribution is 7.80. The molecule has 0 aliphatic carbocycles. The van der Waals surface area contributed by atoms with E-state index in [0.717, 1.165) is 11.3 Å². The summed E-state index contributed by atoms with van der Waals surface area (Å²) in [5.74, 6) is -0.256. The third kappa shape index (κ3) is 5.03. The van der Waals surface area contributed by atoms with E-state index in [9.17, 15) is 4.39 Å². The minimum absolute atomic E-state index is 0.256. The maximum absolute atomic E-state index is 13.8. The van der Waals surface area contributed by atoms with Gasteiger partial charge in [0.2, 0.25) is 0 Å². The van der Waals surface area contributed by atoms with Crippen molar-refractivity contribution >= 4 is 40.3 Å². The summed E-state index contributed by atoms with van der Waals surface area (Å²) in [6.07, 6.45) is 6.93. The number of hydrogen-bond donors (Lipinski definition) is 2. The number of benzene rings is 2. The molecule has 6 nitrogen and oxygen atoms in total. The summed E-state index contributed by atoms with van der Waals surface area (Å²) in [7, 11) is 0. The molecular formula is C21H18ClFN6S. The second kappa shape index (κ2) is 9.06. The molecule has 152 valence electrons. The second-order valence-corrected chi connectivity index (χ2v) is 7.43. The van der Waals surface area contributed by atoms with Crippen molar-refractivity contribution in [3.05, 3.63) is 95.3 Å². The van der Waals surface area contributed by atoms with Crippen LogP contribution in [0.5, 0.6) is 0 Å². The van der Waals surface area contributed by atoms with Crippen LogP contribution >= 0.6 is 23.8 Å². The van der Waals surface area contributed by atoms with E-state index < -0.39 is 0 Å². The van der Waals surface area contributed by atoms with Crippen molar-refractivity contribution in [2.24, 2.45) is 0 Å². The molecule has 0 aliphatic heterocycles. The van der Waals surface area contributed by atoms with Crippen LogP contribution in [0.25, 0.3) is 0 Å². The first-order valence-electron chi connectivity index (χ1n) is 9.16. The van der Waals surface area contributed by atoms with E-state index in [0.29, 0.717) is 34.5 Å². The van der Waals surface area contributed by atoms with Crippen molar-refractivity contribution in [2.45, 2.75) is 13.1 Å². The molecular weight excluding hydrogens is 423 g/mol.